The predicted octanol–water partition coefficient (Wildman–Crippen LogP) is 4.43. The second-order valence-electron chi connectivity index (χ2n) is 8.37. The average Bonchev–Trinajstić information content (AvgIpc) is 3.05. The molecule has 0 bridgehead atoms. The molecule has 2 aromatic carbocycles. The van der Waals surface area contributed by atoms with E-state index >= 15 is 0 Å². The number of benzene rings is 2. The third-order valence-electron chi connectivity index (χ3n) is 6.39. The Bertz CT molecular complexity index is 958. The fourth-order valence-electron chi connectivity index (χ4n) is 4.62. The van der Waals surface area contributed by atoms with E-state index in [9.17, 15) is 14.0 Å². The Labute approximate surface area is 186 Å². The van der Waals surface area contributed by atoms with E-state index in [2.05, 4.69) is 0 Å². The number of hydrogen-bond acceptors (Lipinski definition) is 3. The standard InChI is InChI=1S/C24H26ClFN2O3/c1-17(31-21-4-2-3-19(25)15-21)23(30)27-13-11-24(12-14-27)10-9-22(29)28(24)16-18-5-7-20(26)8-6-18/h2-8,15,17H,9-14,16H2,1H3. The van der Waals surface area contributed by atoms with Gasteiger partial charge in [0.25, 0.3) is 5.91 Å². The van der Waals surface area contributed by atoms with Crippen molar-refractivity contribution in [1.29, 1.82) is 0 Å². The van der Waals surface area contributed by atoms with Crippen molar-refractivity contribution in [1.82, 2.24) is 9.80 Å². The van der Waals surface area contributed by atoms with Crippen LogP contribution in [0.15, 0.2) is 48.5 Å². The smallest absolute Gasteiger partial charge is 0.263 e. The molecule has 2 aliphatic rings. The Morgan fingerprint density at radius 2 is 1.87 bits per heavy atom. The van der Waals surface area contributed by atoms with Crippen LogP contribution >= 0.6 is 11.6 Å². The van der Waals surface area contributed by atoms with Crippen molar-refractivity contribution >= 4 is 23.4 Å². The van der Waals surface area contributed by atoms with Gasteiger partial charge >= 0.3 is 0 Å². The lowest BCUT2D eigenvalue weighted by Gasteiger charge is -2.45. The van der Waals surface area contributed by atoms with Gasteiger partial charge in [-0.3, -0.25) is 9.59 Å². The first-order valence-electron chi connectivity index (χ1n) is 10.6. The Morgan fingerprint density at radius 3 is 2.55 bits per heavy atom. The molecule has 0 saturated carbocycles. The van der Waals surface area contributed by atoms with Crippen LogP contribution in [-0.2, 0) is 16.1 Å². The van der Waals surface area contributed by atoms with Crippen LogP contribution in [0.4, 0.5) is 4.39 Å². The highest BCUT2D eigenvalue weighted by Gasteiger charge is 2.47. The molecule has 5 nitrogen and oxygen atoms in total. The minimum absolute atomic E-state index is 0.0655. The second kappa shape index (κ2) is 8.87. The molecule has 1 atom stereocenters. The van der Waals surface area contributed by atoms with Gasteiger partial charge in [-0.1, -0.05) is 29.8 Å². The number of ether oxygens (including phenoxy) is 1. The summed E-state index contributed by atoms with van der Waals surface area (Å²) < 4.78 is 19.0. The van der Waals surface area contributed by atoms with Crippen LogP contribution < -0.4 is 4.74 Å². The molecule has 2 aliphatic heterocycles. The zero-order valence-corrected chi connectivity index (χ0v) is 18.3. The lowest BCUT2D eigenvalue weighted by atomic mass is 9.84. The fourth-order valence-corrected chi connectivity index (χ4v) is 4.80. The van der Waals surface area contributed by atoms with Gasteiger partial charge in [-0.2, -0.15) is 0 Å². The number of halogens is 2. The van der Waals surface area contributed by atoms with E-state index in [0.29, 0.717) is 36.8 Å². The van der Waals surface area contributed by atoms with Crippen LogP contribution in [-0.4, -0.2) is 46.3 Å². The molecule has 0 aromatic heterocycles. The van der Waals surface area contributed by atoms with Gasteiger partial charge in [0.1, 0.15) is 11.6 Å². The average molecular weight is 445 g/mol. The third-order valence-corrected chi connectivity index (χ3v) is 6.63. The second-order valence-corrected chi connectivity index (χ2v) is 8.81. The molecule has 2 amide bonds. The summed E-state index contributed by atoms with van der Waals surface area (Å²) in [7, 11) is 0. The van der Waals surface area contributed by atoms with E-state index in [1.54, 1.807) is 43.3 Å². The molecular formula is C24H26ClFN2O3. The molecule has 0 aliphatic carbocycles. The zero-order valence-electron chi connectivity index (χ0n) is 17.5. The summed E-state index contributed by atoms with van der Waals surface area (Å²) in [6.07, 6.45) is 2.16. The van der Waals surface area contributed by atoms with E-state index in [1.807, 2.05) is 9.80 Å². The van der Waals surface area contributed by atoms with Gasteiger partial charge in [-0.15, -0.1) is 0 Å². The largest absolute Gasteiger partial charge is 0.481 e. The molecule has 2 aromatic rings. The summed E-state index contributed by atoms with van der Waals surface area (Å²) >= 11 is 5.99. The van der Waals surface area contributed by atoms with Crippen LogP contribution in [0, 0.1) is 5.82 Å². The number of rotatable bonds is 5. The Morgan fingerprint density at radius 1 is 1.16 bits per heavy atom. The molecule has 31 heavy (non-hydrogen) atoms. The van der Waals surface area contributed by atoms with E-state index in [1.165, 1.54) is 12.1 Å². The van der Waals surface area contributed by atoms with Crippen molar-refractivity contribution in [2.45, 2.75) is 50.8 Å². The molecule has 2 saturated heterocycles. The van der Waals surface area contributed by atoms with Gasteiger partial charge < -0.3 is 14.5 Å². The van der Waals surface area contributed by atoms with E-state index in [0.717, 1.165) is 24.8 Å². The van der Waals surface area contributed by atoms with Gasteiger partial charge in [-0.25, -0.2) is 4.39 Å². The van der Waals surface area contributed by atoms with E-state index in [-0.39, 0.29) is 23.2 Å². The quantitative estimate of drug-likeness (QED) is 0.685. The maximum absolute atomic E-state index is 13.2. The summed E-state index contributed by atoms with van der Waals surface area (Å²) in [6.45, 7) is 3.37. The van der Waals surface area contributed by atoms with E-state index in [4.69, 9.17) is 16.3 Å². The first kappa shape index (κ1) is 21.6. The summed E-state index contributed by atoms with van der Waals surface area (Å²) in [5.41, 5.74) is 0.678. The van der Waals surface area contributed by atoms with Crippen molar-refractivity contribution in [2.75, 3.05) is 13.1 Å². The fraction of sp³-hybridized carbons (Fsp3) is 0.417. The predicted molar refractivity (Wildman–Crippen MR) is 116 cm³/mol. The normalized spacial score (nSPS) is 19.0. The maximum Gasteiger partial charge on any atom is 0.263 e. The van der Waals surface area contributed by atoms with Crippen molar-refractivity contribution in [3.05, 3.63) is 64.9 Å². The Hall–Kier alpha value is -2.60. The topological polar surface area (TPSA) is 49.9 Å². The number of hydrogen-bond donors (Lipinski definition) is 0. The summed E-state index contributed by atoms with van der Waals surface area (Å²) in [5.74, 6) is 0.340. The molecular weight excluding hydrogens is 419 g/mol. The monoisotopic (exact) mass is 444 g/mol. The first-order chi connectivity index (χ1) is 14.9. The summed E-state index contributed by atoms with van der Waals surface area (Å²) in [5, 5.41) is 0.559. The molecule has 7 heteroatoms. The molecule has 2 heterocycles. The van der Waals surface area contributed by atoms with Gasteiger partial charge in [-0.05, 0) is 62.1 Å². The number of nitrogens with zero attached hydrogens (tertiary/aromatic N) is 2. The van der Waals surface area contributed by atoms with Crippen LogP contribution in [0.2, 0.25) is 5.02 Å². The minimum atomic E-state index is -0.618. The number of likely N-dealkylation sites (tertiary alicyclic amines) is 2. The highest BCUT2D eigenvalue weighted by Crippen LogP contribution is 2.40. The van der Waals surface area contributed by atoms with Crippen LogP contribution in [0.1, 0.15) is 38.2 Å². The Balaban J connectivity index is 1.38. The molecule has 164 valence electrons. The van der Waals surface area contributed by atoms with Gasteiger partial charge in [0.15, 0.2) is 6.10 Å². The lowest BCUT2D eigenvalue weighted by molar-refractivity contribution is -0.142. The van der Waals surface area contributed by atoms with Gasteiger partial charge in [0, 0.05) is 36.6 Å². The van der Waals surface area contributed by atoms with Crippen molar-refractivity contribution in [2.24, 2.45) is 0 Å². The van der Waals surface area contributed by atoms with Crippen LogP contribution in [0.5, 0.6) is 5.75 Å². The minimum Gasteiger partial charge on any atom is -0.481 e. The molecule has 1 spiro atoms. The highest BCUT2D eigenvalue weighted by molar-refractivity contribution is 6.30. The van der Waals surface area contributed by atoms with Gasteiger partial charge in [0.05, 0.1) is 0 Å². The van der Waals surface area contributed by atoms with Crippen molar-refractivity contribution in [3.8, 4) is 5.75 Å². The number of amides is 2. The first-order valence-corrected chi connectivity index (χ1v) is 11.0. The molecule has 1 unspecified atom stereocenters. The van der Waals surface area contributed by atoms with Crippen molar-refractivity contribution in [3.63, 3.8) is 0 Å². The molecule has 4 rings (SSSR count). The summed E-state index contributed by atoms with van der Waals surface area (Å²) in [4.78, 5) is 29.3. The Kier molecular flexibility index (Phi) is 6.19. The lowest BCUT2D eigenvalue weighted by Crippen LogP contribution is -2.55. The van der Waals surface area contributed by atoms with Crippen molar-refractivity contribution < 1.29 is 18.7 Å². The molecule has 0 N–H and O–H groups in total. The van der Waals surface area contributed by atoms with Gasteiger partial charge in [0.2, 0.25) is 5.91 Å². The maximum atomic E-state index is 13.2. The zero-order chi connectivity index (χ0) is 22.0. The highest BCUT2D eigenvalue weighted by atomic mass is 35.5. The SMILES string of the molecule is CC(Oc1cccc(Cl)c1)C(=O)N1CCC2(CCC(=O)N2Cc2ccc(F)cc2)CC1. The molecule has 2 fully saturated rings. The number of piperidine rings is 1. The number of carbonyl (C=O) groups excluding carboxylic acids is 2. The van der Waals surface area contributed by atoms with Crippen LogP contribution in [0.3, 0.4) is 0 Å². The summed E-state index contributed by atoms with van der Waals surface area (Å²) in [6, 6.07) is 13.3. The third kappa shape index (κ3) is 4.69. The molecule has 0 radical (unpaired) electrons. The van der Waals surface area contributed by atoms with E-state index < -0.39 is 6.10 Å². The van der Waals surface area contributed by atoms with Crippen LogP contribution in [0.25, 0.3) is 0 Å². The number of carbonyl (C=O) groups is 2.